The highest BCUT2D eigenvalue weighted by molar-refractivity contribution is 7.11. The number of thiazole rings is 1. The third-order valence-corrected chi connectivity index (χ3v) is 2.65. The van der Waals surface area contributed by atoms with Crippen LogP contribution < -0.4 is 11.3 Å². The molecule has 3 N–H and O–H groups in total. The van der Waals surface area contributed by atoms with Crippen molar-refractivity contribution in [2.24, 2.45) is 5.84 Å². The van der Waals surface area contributed by atoms with Gasteiger partial charge in [0.05, 0.1) is 4.88 Å². The molecule has 0 saturated heterocycles. The summed E-state index contributed by atoms with van der Waals surface area (Å²) in [6, 6.07) is -2.35. The molecule has 0 aliphatic heterocycles. The second-order valence-electron chi connectivity index (χ2n) is 2.71. The Labute approximate surface area is 89.2 Å². The Morgan fingerprint density at radius 1 is 1.25 bits per heavy atom. The quantitative estimate of drug-likeness (QED) is 0.490. The minimum Gasteiger partial charge on any atom is -0.271 e. The first kappa shape index (κ1) is 13.2. The van der Waals surface area contributed by atoms with Crippen molar-refractivity contribution in [3.8, 4) is 0 Å². The molecule has 0 radical (unpaired) electrons. The molecule has 16 heavy (non-hydrogen) atoms. The van der Waals surface area contributed by atoms with Gasteiger partial charge in [-0.3, -0.25) is 5.84 Å². The van der Waals surface area contributed by atoms with Gasteiger partial charge in [-0.15, -0.1) is 11.3 Å². The van der Waals surface area contributed by atoms with Crippen LogP contribution in [-0.2, 0) is 6.18 Å². The van der Waals surface area contributed by atoms with Crippen LogP contribution in [0.2, 0.25) is 0 Å². The Morgan fingerprint density at radius 3 is 2.12 bits per heavy atom. The standard InChI is InChI=1S/C6H5F6N3S/c7-5(8,9)3(15-13)2-1-14-4(16-2)6(10,11)12/h1,3,15H,13H2. The molecule has 1 unspecified atom stereocenters. The number of alkyl halides is 6. The van der Waals surface area contributed by atoms with Crippen LogP contribution in [-0.4, -0.2) is 11.2 Å². The summed E-state index contributed by atoms with van der Waals surface area (Å²) in [4.78, 5) is 2.23. The lowest BCUT2D eigenvalue weighted by Gasteiger charge is -2.16. The van der Waals surface area contributed by atoms with Gasteiger partial charge in [0, 0.05) is 6.20 Å². The molecule has 0 bridgehead atoms. The molecule has 3 nitrogen and oxygen atoms in total. The molecule has 1 heterocycles. The maximum Gasteiger partial charge on any atom is 0.443 e. The van der Waals surface area contributed by atoms with Gasteiger partial charge in [0.15, 0.2) is 11.0 Å². The lowest BCUT2D eigenvalue weighted by atomic mass is 10.3. The molecule has 0 aromatic carbocycles. The molecule has 0 aliphatic carbocycles. The van der Waals surface area contributed by atoms with E-state index in [1.807, 2.05) is 0 Å². The van der Waals surface area contributed by atoms with E-state index in [1.165, 1.54) is 5.43 Å². The first-order valence-corrected chi connectivity index (χ1v) is 4.53. The number of nitrogens with zero attached hydrogens (tertiary/aromatic N) is 1. The minimum absolute atomic E-state index is 0.0992. The molecule has 10 heteroatoms. The van der Waals surface area contributed by atoms with E-state index in [0.29, 0.717) is 6.20 Å². The fraction of sp³-hybridized carbons (Fsp3) is 0.500. The van der Waals surface area contributed by atoms with Crippen LogP contribution in [0.15, 0.2) is 6.20 Å². The molecule has 0 aliphatic rings. The average Bonchev–Trinajstić information content (AvgIpc) is 2.50. The lowest BCUT2D eigenvalue weighted by molar-refractivity contribution is -0.157. The zero-order chi connectivity index (χ0) is 12.6. The van der Waals surface area contributed by atoms with Gasteiger partial charge < -0.3 is 0 Å². The molecule has 1 atom stereocenters. The Morgan fingerprint density at radius 2 is 1.81 bits per heavy atom. The molecule has 0 spiro atoms. The van der Waals surface area contributed by atoms with E-state index in [1.54, 1.807) is 0 Å². The zero-order valence-corrected chi connectivity index (χ0v) is 8.17. The van der Waals surface area contributed by atoms with Gasteiger partial charge in [-0.1, -0.05) is 0 Å². The molecule has 0 amide bonds. The highest BCUT2D eigenvalue weighted by atomic mass is 32.1. The molecule has 0 fully saturated rings. The van der Waals surface area contributed by atoms with Crippen LogP contribution in [0.1, 0.15) is 15.9 Å². The maximum atomic E-state index is 12.3. The fourth-order valence-corrected chi connectivity index (χ4v) is 1.76. The number of hydrazine groups is 1. The normalized spacial score (nSPS) is 15.2. The summed E-state index contributed by atoms with van der Waals surface area (Å²) >= 11 is -0.0992. The van der Waals surface area contributed by atoms with E-state index in [-0.39, 0.29) is 11.3 Å². The summed E-state index contributed by atoms with van der Waals surface area (Å²) < 4.78 is 73.0. The number of rotatable bonds is 2. The molecule has 1 rings (SSSR count). The summed E-state index contributed by atoms with van der Waals surface area (Å²) in [6.45, 7) is 0. The van der Waals surface area contributed by atoms with Crippen molar-refractivity contribution in [1.82, 2.24) is 10.4 Å². The topological polar surface area (TPSA) is 50.9 Å². The second-order valence-corrected chi connectivity index (χ2v) is 3.77. The zero-order valence-electron chi connectivity index (χ0n) is 7.36. The monoisotopic (exact) mass is 265 g/mol. The van der Waals surface area contributed by atoms with Crippen LogP contribution in [0.5, 0.6) is 0 Å². The Bertz CT molecular complexity index is 356. The van der Waals surface area contributed by atoms with E-state index in [9.17, 15) is 26.3 Å². The summed E-state index contributed by atoms with van der Waals surface area (Å²) in [5.74, 6) is 4.64. The van der Waals surface area contributed by atoms with Gasteiger partial charge in [0.1, 0.15) is 0 Å². The number of nitrogens with two attached hydrogens (primary N) is 1. The van der Waals surface area contributed by atoms with Crippen molar-refractivity contribution in [3.05, 3.63) is 16.1 Å². The number of hydrogen-bond acceptors (Lipinski definition) is 4. The SMILES string of the molecule is NNC(c1cnc(C(F)(F)F)s1)C(F)(F)F. The van der Waals surface area contributed by atoms with Crippen molar-refractivity contribution < 1.29 is 26.3 Å². The molecule has 92 valence electrons. The molecule has 0 saturated carbocycles. The molecule has 1 aromatic rings. The molecular formula is C6H5F6N3S. The van der Waals surface area contributed by atoms with Crippen LogP contribution in [0, 0.1) is 0 Å². The Hall–Kier alpha value is -0.870. The van der Waals surface area contributed by atoms with E-state index in [0.717, 1.165) is 0 Å². The first-order valence-electron chi connectivity index (χ1n) is 3.72. The van der Waals surface area contributed by atoms with E-state index >= 15 is 0 Å². The van der Waals surface area contributed by atoms with E-state index in [2.05, 4.69) is 10.8 Å². The summed E-state index contributed by atoms with van der Waals surface area (Å²) in [6.07, 6.45) is -9.02. The fourth-order valence-electron chi connectivity index (χ4n) is 0.889. The summed E-state index contributed by atoms with van der Waals surface area (Å²) in [5, 5.41) is -1.34. The van der Waals surface area contributed by atoms with Gasteiger partial charge in [-0.05, 0) is 0 Å². The van der Waals surface area contributed by atoms with Crippen LogP contribution in [0.3, 0.4) is 0 Å². The van der Waals surface area contributed by atoms with Gasteiger partial charge in [-0.25, -0.2) is 10.4 Å². The molecular weight excluding hydrogens is 260 g/mol. The highest BCUT2D eigenvalue weighted by Gasteiger charge is 2.43. The maximum absolute atomic E-state index is 12.3. The third-order valence-electron chi connectivity index (χ3n) is 1.54. The van der Waals surface area contributed by atoms with Crippen molar-refractivity contribution in [2.45, 2.75) is 18.4 Å². The minimum atomic E-state index is -4.77. The Balaban J connectivity index is 3.01. The van der Waals surface area contributed by atoms with Gasteiger partial charge in [0.2, 0.25) is 0 Å². The predicted octanol–water partition coefficient (Wildman–Crippen LogP) is 2.23. The number of nitrogens with one attached hydrogen (secondary N) is 1. The van der Waals surface area contributed by atoms with E-state index in [4.69, 9.17) is 0 Å². The lowest BCUT2D eigenvalue weighted by Crippen LogP contribution is -2.37. The number of halogens is 6. The van der Waals surface area contributed by atoms with Crippen molar-refractivity contribution in [2.75, 3.05) is 0 Å². The van der Waals surface area contributed by atoms with Crippen LogP contribution in [0.25, 0.3) is 0 Å². The van der Waals surface area contributed by atoms with Gasteiger partial charge in [0.25, 0.3) is 0 Å². The van der Waals surface area contributed by atoms with Crippen LogP contribution >= 0.6 is 11.3 Å². The largest absolute Gasteiger partial charge is 0.443 e. The van der Waals surface area contributed by atoms with E-state index < -0.39 is 28.3 Å². The average molecular weight is 265 g/mol. The number of aromatic nitrogens is 1. The van der Waals surface area contributed by atoms with Crippen molar-refractivity contribution in [3.63, 3.8) is 0 Å². The number of hydrogen-bond donors (Lipinski definition) is 2. The third kappa shape index (κ3) is 2.83. The first-order chi connectivity index (χ1) is 7.16. The molecule has 1 aromatic heterocycles. The van der Waals surface area contributed by atoms with Crippen LogP contribution in [0.4, 0.5) is 26.3 Å². The smallest absolute Gasteiger partial charge is 0.271 e. The second kappa shape index (κ2) is 4.18. The van der Waals surface area contributed by atoms with Gasteiger partial charge >= 0.3 is 12.4 Å². The summed E-state index contributed by atoms with van der Waals surface area (Å²) in [5.41, 5.74) is 1.40. The Kier molecular flexibility index (Phi) is 3.45. The van der Waals surface area contributed by atoms with Gasteiger partial charge in [-0.2, -0.15) is 26.3 Å². The predicted molar refractivity (Wildman–Crippen MR) is 43.2 cm³/mol. The summed E-state index contributed by atoms with van der Waals surface area (Å²) in [7, 11) is 0. The van der Waals surface area contributed by atoms with Crippen molar-refractivity contribution >= 4 is 11.3 Å². The van der Waals surface area contributed by atoms with Crippen molar-refractivity contribution in [1.29, 1.82) is 0 Å². The highest BCUT2D eigenvalue weighted by Crippen LogP contribution is 2.38.